The molecule has 0 fully saturated rings. The summed E-state index contributed by atoms with van der Waals surface area (Å²) >= 11 is 0. The van der Waals surface area contributed by atoms with E-state index in [4.69, 9.17) is 17.2 Å². The van der Waals surface area contributed by atoms with Gasteiger partial charge < -0.3 is 17.2 Å². The molecule has 62 valence electrons. The largest absolute Gasteiger partial charge is 0.330 e. The lowest BCUT2D eigenvalue weighted by Gasteiger charge is -2.23. The second-order valence-electron chi connectivity index (χ2n) is 2.88. The fourth-order valence-corrected chi connectivity index (χ4v) is 1.02. The van der Waals surface area contributed by atoms with Crippen molar-refractivity contribution in [1.29, 1.82) is 0 Å². The van der Waals surface area contributed by atoms with Gasteiger partial charge in [-0.05, 0) is 25.8 Å². The predicted octanol–water partition coefficient (Wildman–Crippen LogP) is 0.139. The fourth-order valence-electron chi connectivity index (χ4n) is 1.02. The molecule has 0 bridgehead atoms. The Bertz CT molecular complexity index is 80.9. The van der Waals surface area contributed by atoms with E-state index in [0.29, 0.717) is 6.54 Å². The first-order valence-corrected chi connectivity index (χ1v) is 3.90. The molecule has 0 aliphatic carbocycles. The monoisotopic (exact) mass is 145 g/mol. The quantitative estimate of drug-likeness (QED) is 0.481. The van der Waals surface area contributed by atoms with Crippen molar-refractivity contribution in [2.75, 3.05) is 6.54 Å². The molecule has 0 aromatic carbocycles. The molecule has 0 aliphatic heterocycles. The molecule has 10 heavy (non-hydrogen) atoms. The summed E-state index contributed by atoms with van der Waals surface area (Å²) in [6, 6.07) is 0. The minimum absolute atomic E-state index is 0.478. The van der Waals surface area contributed by atoms with Crippen molar-refractivity contribution < 1.29 is 0 Å². The van der Waals surface area contributed by atoms with Gasteiger partial charge in [0, 0.05) is 0 Å². The molecule has 0 aliphatic rings. The molecule has 0 amide bonds. The maximum Gasteiger partial charge on any atom is 0.0636 e. The van der Waals surface area contributed by atoms with Gasteiger partial charge >= 0.3 is 0 Å². The van der Waals surface area contributed by atoms with Gasteiger partial charge in [0.1, 0.15) is 0 Å². The summed E-state index contributed by atoms with van der Waals surface area (Å²) in [5, 5.41) is 0. The van der Waals surface area contributed by atoms with Crippen LogP contribution in [0.1, 0.15) is 32.6 Å². The highest BCUT2D eigenvalue weighted by Crippen LogP contribution is 2.08. The van der Waals surface area contributed by atoms with Crippen molar-refractivity contribution in [3.63, 3.8) is 0 Å². The van der Waals surface area contributed by atoms with E-state index in [0.717, 1.165) is 25.7 Å². The molecule has 6 N–H and O–H groups in total. The molecule has 0 unspecified atom stereocenters. The Morgan fingerprint density at radius 3 is 2.20 bits per heavy atom. The first-order valence-electron chi connectivity index (χ1n) is 3.90. The van der Waals surface area contributed by atoms with Gasteiger partial charge in [-0.15, -0.1) is 0 Å². The molecule has 0 spiro atoms. The van der Waals surface area contributed by atoms with Crippen molar-refractivity contribution in [2.45, 2.75) is 38.3 Å². The van der Waals surface area contributed by atoms with Crippen molar-refractivity contribution in [2.24, 2.45) is 17.2 Å². The minimum atomic E-state index is -0.478. The third kappa shape index (κ3) is 4.73. The SMILES string of the molecule is CCCC(N)(N)CCCN. The highest BCUT2D eigenvalue weighted by atomic mass is 14.9. The second-order valence-corrected chi connectivity index (χ2v) is 2.88. The molecular formula is C7H19N3. The summed E-state index contributed by atoms with van der Waals surface area (Å²) in [6.07, 6.45) is 3.68. The average molecular weight is 145 g/mol. The van der Waals surface area contributed by atoms with Crippen LogP contribution in [0.15, 0.2) is 0 Å². The Labute approximate surface area is 62.9 Å². The summed E-state index contributed by atoms with van der Waals surface area (Å²) in [4.78, 5) is 0. The van der Waals surface area contributed by atoms with Crippen LogP contribution in [0.3, 0.4) is 0 Å². The molecule has 0 saturated heterocycles. The molecule has 0 aromatic rings. The lowest BCUT2D eigenvalue weighted by atomic mass is 10.0. The second kappa shape index (κ2) is 4.66. The van der Waals surface area contributed by atoms with Crippen LogP contribution in [0.5, 0.6) is 0 Å². The maximum absolute atomic E-state index is 5.74. The molecule has 0 atom stereocenters. The van der Waals surface area contributed by atoms with E-state index in [9.17, 15) is 0 Å². The summed E-state index contributed by atoms with van der Waals surface area (Å²) in [5.74, 6) is 0. The van der Waals surface area contributed by atoms with E-state index in [1.807, 2.05) is 0 Å². The molecule has 3 nitrogen and oxygen atoms in total. The lowest BCUT2D eigenvalue weighted by Crippen LogP contribution is -2.49. The van der Waals surface area contributed by atoms with Crippen LogP contribution in [0.4, 0.5) is 0 Å². The topological polar surface area (TPSA) is 78.1 Å². The summed E-state index contributed by atoms with van der Waals surface area (Å²) in [7, 11) is 0. The zero-order chi connectivity index (χ0) is 8.04. The Balaban J connectivity index is 3.42. The van der Waals surface area contributed by atoms with Gasteiger partial charge in [-0.25, -0.2) is 0 Å². The Kier molecular flexibility index (Phi) is 4.60. The van der Waals surface area contributed by atoms with Crippen LogP contribution in [-0.4, -0.2) is 12.2 Å². The summed E-state index contributed by atoms with van der Waals surface area (Å²) < 4.78 is 0. The lowest BCUT2D eigenvalue weighted by molar-refractivity contribution is 0.367. The van der Waals surface area contributed by atoms with Crippen molar-refractivity contribution in [1.82, 2.24) is 0 Å². The van der Waals surface area contributed by atoms with Crippen molar-refractivity contribution in [3.8, 4) is 0 Å². The summed E-state index contributed by atoms with van der Waals surface area (Å²) in [5.41, 5.74) is 16.3. The van der Waals surface area contributed by atoms with E-state index in [2.05, 4.69) is 6.92 Å². The van der Waals surface area contributed by atoms with Crippen LogP contribution < -0.4 is 17.2 Å². The van der Waals surface area contributed by atoms with Crippen LogP contribution in [-0.2, 0) is 0 Å². The fraction of sp³-hybridized carbons (Fsp3) is 1.00. The maximum atomic E-state index is 5.74. The standard InChI is InChI=1S/C7H19N3/c1-2-4-7(9,10)5-3-6-8/h2-6,8-10H2,1H3. The Hall–Kier alpha value is -0.120. The Morgan fingerprint density at radius 2 is 1.80 bits per heavy atom. The molecular weight excluding hydrogens is 126 g/mol. The Morgan fingerprint density at radius 1 is 1.20 bits per heavy atom. The molecule has 0 heterocycles. The zero-order valence-corrected chi connectivity index (χ0v) is 6.77. The van der Waals surface area contributed by atoms with E-state index in [-0.39, 0.29) is 0 Å². The molecule has 0 rings (SSSR count). The third-order valence-electron chi connectivity index (χ3n) is 1.56. The molecule has 3 heteroatoms. The van der Waals surface area contributed by atoms with Crippen molar-refractivity contribution in [3.05, 3.63) is 0 Å². The van der Waals surface area contributed by atoms with E-state index >= 15 is 0 Å². The van der Waals surface area contributed by atoms with Gasteiger partial charge in [-0.2, -0.15) is 0 Å². The highest BCUT2D eigenvalue weighted by molar-refractivity contribution is 4.75. The molecule has 0 aromatic heterocycles. The van der Waals surface area contributed by atoms with Crippen LogP contribution in [0.2, 0.25) is 0 Å². The van der Waals surface area contributed by atoms with E-state index in [1.165, 1.54) is 0 Å². The predicted molar refractivity (Wildman–Crippen MR) is 44.3 cm³/mol. The number of hydrogen-bond acceptors (Lipinski definition) is 3. The third-order valence-corrected chi connectivity index (χ3v) is 1.56. The van der Waals surface area contributed by atoms with Crippen LogP contribution in [0, 0.1) is 0 Å². The number of hydrogen-bond donors (Lipinski definition) is 3. The first-order chi connectivity index (χ1) is 4.62. The van der Waals surface area contributed by atoms with E-state index < -0.39 is 5.66 Å². The minimum Gasteiger partial charge on any atom is -0.330 e. The van der Waals surface area contributed by atoms with Crippen LogP contribution in [0.25, 0.3) is 0 Å². The average Bonchev–Trinajstić information content (AvgIpc) is 1.84. The smallest absolute Gasteiger partial charge is 0.0636 e. The first kappa shape index (κ1) is 9.88. The normalized spacial score (nSPS) is 12.0. The van der Waals surface area contributed by atoms with Crippen LogP contribution >= 0.6 is 0 Å². The molecule has 0 saturated carbocycles. The number of rotatable bonds is 5. The van der Waals surface area contributed by atoms with Gasteiger partial charge in [0.15, 0.2) is 0 Å². The summed E-state index contributed by atoms with van der Waals surface area (Å²) in [6.45, 7) is 2.76. The number of nitrogens with two attached hydrogens (primary N) is 3. The molecule has 0 radical (unpaired) electrons. The van der Waals surface area contributed by atoms with Gasteiger partial charge in [-0.3, -0.25) is 0 Å². The highest BCUT2D eigenvalue weighted by Gasteiger charge is 2.15. The van der Waals surface area contributed by atoms with Crippen molar-refractivity contribution >= 4 is 0 Å². The van der Waals surface area contributed by atoms with Gasteiger partial charge in [0.05, 0.1) is 5.66 Å². The van der Waals surface area contributed by atoms with Gasteiger partial charge in [0.2, 0.25) is 0 Å². The van der Waals surface area contributed by atoms with Gasteiger partial charge in [0.25, 0.3) is 0 Å². The van der Waals surface area contributed by atoms with E-state index in [1.54, 1.807) is 0 Å². The van der Waals surface area contributed by atoms with Gasteiger partial charge in [-0.1, -0.05) is 13.3 Å². The zero-order valence-electron chi connectivity index (χ0n) is 6.77.